The second kappa shape index (κ2) is 10.6. The lowest BCUT2D eigenvalue weighted by Gasteiger charge is -2.13. The summed E-state index contributed by atoms with van der Waals surface area (Å²) in [6.45, 7) is 3.82. The number of hydrogen-bond acceptors (Lipinski definition) is 7. The monoisotopic (exact) mass is 420 g/mol. The summed E-state index contributed by atoms with van der Waals surface area (Å²) in [6.07, 6.45) is 0.733. The Morgan fingerprint density at radius 1 is 1.28 bits per heavy atom. The number of carbonyl (C=O) groups excluding carboxylic acids is 3. The first-order valence-corrected chi connectivity index (χ1v) is 10.1. The van der Waals surface area contributed by atoms with Gasteiger partial charge in [-0.1, -0.05) is 30.8 Å². The zero-order chi connectivity index (χ0) is 21.4. The second-order valence-electron chi connectivity index (χ2n) is 6.31. The minimum Gasteiger partial charge on any atom is -0.469 e. The fraction of sp³-hybridized carbons (Fsp3) is 0.421. The molecule has 0 fully saturated rings. The maximum absolute atomic E-state index is 12.8. The van der Waals surface area contributed by atoms with E-state index in [1.807, 2.05) is 13.8 Å². The van der Waals surface area contributed by atoms with Crippen molar-refractivity contribution in [2.45, 2.75) is 44.4 Å². The van der Waals surface area contributed by atoms with Crippen LogP contribution in [0.2, 0.25) is 0 Å². The Hall–Kier alpha value is -2.88. The molecule has 29 heavy (non-hydrogen) atoms. The van der Waals surface area contributed by atoms with Gasteiger partial charge in [-0.15, -0.1) is 0 Å². The van der Waals surface area contributed by atoms with E-state index in [2.05, 4.69) is 20.4 Å². The molecule has 9 nitrogen and oxygen atoms in total. The van der Waals surface area contributed by atoms with Crippen LogP contribution in [0.4, 0.5) is 4.79 Å². The quantitative estimate of drug-likeness (QED) is 0.379. The number of rotatable bonds is 8. The molecule has 3 amide bonds. The van der Waals surface area contributed by atoms with Crippen LogP contribution in [0.15, 0.2) is 34.2 Å². The number of para-hydroxylation sites is 1. The molecule has 0 spiro atoms. The number of urea groups is 1. The van der Waals surface area contributed by atoms with Gasteiger partial charge >= 0.3 is 12.0 Å². The Morgan fingerprint density at radius 2 is 2.00 bits per heavy atom. The van der Waals surface area contributed by atoms with E-state index in [-0.39, 0.29) is 35.5 Å². The molecule has 1 aromatic heterocycles. The lowest BCUT2D eigenvalue weighted by molar-refractivity contribution is -0.140. The van der Waals surface area contributed by atoms with Gasteiger partial charge in [0, 0.05) is 12.6 Å². The van der Waals surface area contributed by atoms with Gasteiger partial charge in [-0.25, -0.2) is 9.78 Å². The molecule has 2 aromatic rings. The number of imide groups is 1. The van der Waals surface area contributed by atoms with E-state index in [1.54, 1.807) is 24.3 Å². The number of fused-ring (bicyclic) bond motifs is 1. The highest BCUT2D eigenvalue weighted by Gasteiger charge is 2.16. The van der Waals surface area contributed by atoms with E-state index in [4.69, 9.17) is 0 Å². The second-order valence-corrected chi connectivity index (χ2v) is 7.26. The van der Waals surface area contributed by atoms with Crippen LogP contribution in [0.25, 0.3) is 10.9 Å². The van der Waals surface area contributed by atoms with E-state index in [0.29, 0.717) is 10.9 Å². The number of thioether (sulfide) groups is 1. The molecule has 0 bridgehead atoms. The van der Waals surface area contributed by atoms with E-state index in [9.17, 15) is 19.2 Å². The van der Waals surface area contributed by atoms with E-state index >= 15 is 0 Å². The first kappa shape index (κ1) is 22.4. The van der Waals surface area contributed by atoms with Crippen LogP contribution < -0.4 is 16.2 Å². The van der Waals surface area contributed by atoms with Gasteiger partial charge in [0.05, 0.1) is 30.2 Å². The third-order valence-electron chi connectivity index (χ3n) is 4.17. The van der Waals surface area contributed by atoms with E-state index in [0.717, 1.165) is 18.2 Å². The summed E-state index contributed by atoms with van der Waals surface area (Å²) in [7, 11) is 1.27. The topological polar surface area (TPSA) is 119 Å². The molecule has 0 saturated carbocycles. The van der Waals surface area contributed by atoms with Gasteiger partial charge in [0.15, 0.2) is 5.16 Å². The van der Waals surface area contributed by atoms with Gasteiger partial charge in [-0.3, -0.25) is 24.3 Å². The van der Waals surface area contributed by atoms with Crippen molar-refractivity contribution in [3.8, 4) is 0 Å². The summed E-state index contributed by atoms with van der Waals surface area (Å²) in [4.78, 5) is 52.6. The number of nitrogens with one attached hydrogen (secondary N) is 2. The molecular formula is C19H24N4O5S. The normalized spacial score (nSPS) is 11.7. The zero-order valence-electron chi connectivity index (χ0n) is 16.6. The molecule has 0 unspecified atom stereocenters. The Balaban J connectivity index is 2.17. The molecule has 1 atom stereocenters. The predicted molar refractivity (Wildman–Crippen MR) is 110 cm³/mol. The van der Waals surface area contributed by atoms with Crippen molar-refractivity contribution < 1.29 is 19.1 Å². The molecule has 156 valence electrons. The van der Waals surface area contributed by atoms with Crippen molar-refractivity contribution in [1.29, 1.82) is 0 Å². The largest absolute Gasteiger partial charge is 0.469 e. The third kappa shape index (κ3) is 6.31. The van der Waals surface area contributed by atoms with Gasteiger partial charge < -0.3 is 10.1 Å². The third-order valence-corrected chi connectivity index (χ3v) is 5.15. The van der Waals surface area contributed by atoms with Crippen LogP contribution in [0.1, 0.15) is 26.7 Å². The summed E-state index contributed by atoms with van der Waals surface area (Å²) < 4.78 is 5.98. The molecule has 1 aromatic carbocycles. The van der Waals surface area contributed by atoms with Crippen LogP contribution in [-0.2, 0) is 20.9 Å². The number of esters is 1. The Bertz CT molecular complexity index is 959. The molecule has 0 saturated heterocycles. The lowest BCUT2D eigenvalue weighted by Crippen LogP contribution is -2.44. The lowest BCUT2D eigenvalue weighted by atomic mass is 10.2. The minimum absolute atomic E-state index is 0.00645. The molecule has 2 N–H and O–H groups in total. The molecule has 0 aliphatic heterocycles. The Labute approximate surface area is 172 Å². The minimum atomic E-state index is -0.570. The van der Waals surface area contributed by atoms with Crippen LogP contribution in [0, 0.1) is 0 Å². The van der Waals surface area contributed by atoms with Gasteiger partial charge in [0.25, 0.3) is 5.56 Å². The van der Waals surface area contributed by atoms with E-state index in [1.165, 1.54) is 11.7 Å². The summed E-state index contributed by atoms with van der Waals surface area (Å²) in [6, 6.07) is 6.21. The fourth-order valence-electron chi connectivity index (χ4n) is 2.41. The highest BCUT2D eigenvalue weighted by molar-refractivity contribution is 7.99. The number of ether oxygens (including phenoxy) is 1. The Morgan fingerprint density at radius 3 is 2.69 bits per heavy atom. The summed E-state index contributed by atoms with van der Waals surface area (Å²) in [5, 5.41) is 5.59. The van der Waals surface area contributed by atoms with Crippen molar-refractivity contribution in [1.82, 2.24) is 20.2 Å². The average molecular weight is 420 g/mol. The van der Waals surface area contributed by atoms with E-state index < -0.39 is 17.9 Å². The van der Waals surface area contributed by atoms with Crippen molar-refractivity contribution >= 4 is 40.6 Å². The number of amides is 3. The fourth-order valence-corrected chi connectivity index (χ4v) is 3.24. The number of carbonyl (C=O) groups is 3. The van der Waals surface area contributed by atoms with Crippen molar-refractivity contribution in [3.05, 3.63) is 34.6 Å². The highest BCUT2D eigenvalue weighted by atomic mass is 32.2. The van der Waals surface area contributed by atoms with Gasteiger partial charge in [-0.2, -0.15) is 0 Å². The number of hydrogen-bond donors (Lipinski definition) is 2. The SMILES string of the molecule is CC[C@H](C)NC(=O)NC(=O)CSc1nc2ccccc2c(=O)n1CCC(=O)OC. The zero-order valence-corrected chi connectivity index (χ0v) is 17.4. The molecule has 0 aliphatic rings. The smallest absolute Gasteiger partial charge is 0.321 e. The molecule has 0 radical (unpaired) electrons. The van der Waals surface area contributed by atoms with Crippen molar-refractivity contribution in [2.24, 2.45) is 0 Å². The van der Waals surface area contributed by atoms with Crippen LogP contribution in [-0.4, -0.2) is 46.4 Å². The molecular weight excluding hydrogens is 396 g/mol. The highest BCUT2D eigenvalue weighted by Crippen LogP contribution is 2.18. The van der Waals surface area contributed by atoms with Gasteiger partial charge in [-0.05, 0) is 25.5 Å². The van der Waals surface area contributed by atoms with Crippen LogP contribution in [0.5, 0.6) is 0 Å². The summed E-state index contributed by atoms with van der Waals surface area (Å²) in [5.74, 6) is -1.09. The number of nitrogens with zero attached hydrogens (tertiary/aromatic N) is 2. The maximum atomic E-state index is 12.8. The average Bonchev–Trinajstić information content (AvgIpc) is 2.71. The van der Waals surface area contributed by atoms with Gasteiger partial charge in [0.2, 0.25) is 5.91 Å². The van der Waals surface area contributed by atoms with Crippen molar-refractivity contribution in [2.75, 3.05) is 12.9 Å². The predicted octanol–water partition coefficient (Wildman–Crippen LogP) is 1.68. The van der Waals surface area contributed by atoms with Crippen LogP contribution >= 0.6 is 11.8 Å². The molecule has 2 rings (SSSR count). The Kier molecular flexibility index (Phi) is 8.20. The molecule has 1 heterocycles. The van der Waals surface area contributed by atoms with Crippen molar-refractivity contribution in [3.63, 3.8) is 0 Å². The summed E-state index contributed by atoms with van der Waals surface area (Å²) in [5.41, 5.74) is 0.182. The first-order chi connectivity index (χ1) is 13.8. The molecule has 10 heteroatoms. The molecule has 0 aliphatic carbocycles. The number of methoxy groups -OCH3 is 1. The summed E-state index contributed by atoms with van der Waals surface area (Å²) >= 11 is 1.02. The number of benzene rings is 1. The number of aromatic nitrogens is 2. The van der Waals surface area contributed by atoms with Gasteiger partial charge in [0.1, 0.15) is 0 Å². The standard InChI is InChI=1S/C19H24N4O5S/c1-4-12(2)20-18(27)22-15(24)11-29-19-21-14-8-6-5-7-13(14)17(26)23(19)10-9-16(25)28-3/h5-8,12H,4,9-11H2,1-3H3,(H2,20,22,24,27)/t12-/m0/s1. The van der Waals surface area contributed by atoms with Crippen LogP contribution in [0.3, 0.4) is 0 Å². The maximum Gasteiger partial charge on any atom is 0.321 e. The first-order valence-electron chi connectivity index (χ1n) is 9.15.